The minimum Gasteiger partial charge on any atom is -0.478 e. The molecule has 0 unspecified atom stereocenters. The van der Waals surface area contributed by atoms with E-state index in [-0.39, 0.29) is 11.7 Å². The standard InChI is InChI=1S/C18H17FN2O2S/c1-18(2,23-13-10-8-12(19)9-11-13)16(22)21(3)17-20-14-6-4-5-7-15(14)24-17/h4-11H,1-3H3. The van der Waals surface area contributed by atoms with Gasteiger partial charge in [-0.1, -0.05) is 23.5 Å². The second-order valence-corrected chi connectivity index (χ2v) is 6.90. The zero-order valence-corrected chi connectivity index (χ0v) is 14.4. The number of nitrogens with zero attached hydrogens (tertiary/aromatic N) is 2. The molecule has 24 heavy (non-hydrogen) atoms. The van der Waals surface area contributed by atoms with Crippen molar-refractivity contribution < 1.29 is 13.9 Å². The molecule has 3 rings (SSSR count). The second kappa shape index (κ2) is 6.20. The highest BCUT2D eigenvalue weighted by Crippen LogP contribution is 2.30. The number of rotatable bonds is 4. The molecular formula is C18H17FN2O2S. The Kier molecular flexibility index (Phi) is 4.24. The van der Waals surface area contributed by atoms with Crippen LogP contribution in [0.15, 0.2) is 48.5 Å². The smallest absolute Gasteiger partial charge is 0.272 e. The summed E-state index contributed by atoms with van der Waals surface area (Å²) in [5.74, 6) is -0.142. The van der Waals surface area contributed by atoms with E-state index in [4.69, 9.17) is 4.74 Å². The lowest BCUT2D eigenvalue weighted by Crippen LogP contribution is -2.47. The summed E-state index contributed by atoms with van der Waals surface area (Å²) in [4.78, 5) is 18.8. The summed E-state index contributed by atoms with van der Waals surface area (Å²) >= 11 is 1.45. The Balaban J connectivity index is 1.81. The summed E-state index contributed by atoms with van der Waals surface area (Å²) in [6.45, 7) is 3.37. The van der Waals surface area contributed by atoms with Gasteiger partial charge in [-0.3, -0.25) is 9.69 Å². The van der Waals surface area contributed by atoms with Gasteiger partial charge >= 0.3 is 0 Å². The van der Waals surface area contributed by atoms with E-state index >= 15 is 0 Å². The number of ether oxygens (including phenoxy) is 1. The van der Waals surface area contributed by atoms with Gasteiger partial charge in [0.1, 0.15) is 11.6 Å². The molecule has 0 aliphatic carbocycles. The van der Waals surface area contributed by atoms with E-state index in [9.17, 15) is 9.18 Å². The molecule has 4 nitrogen and oxygen atoms in total. The summed E-state index contributed by atoms with van der Waals surface area (Å²) in [6.07, 6.45) is 0. The Morgan fingerprint density at radius 1 is 1.17 bits per heavy atom. The van der Waals surface area contributed by atoms with Crippen molar-refractivity contribution in [2.45, 2.75) is 19.4 Å². The van der Waals surface area contributed by atoms with E-state index in [1.165, 1.54) is 40.5 Å². The van der Waals surface area contributed by atoms with Gasteiger partial charge in [0, 0.05) is 7.05 Å². The van der Waals surface area contributed by atoms with Crippen molar-refractivity contribution in [1.82, 2.24) is 4.98 Å². The number of anilines is 1. The van der Waals surface area contributed by atoms with Gasteiger partial charge in [-0.2, -0.15) is 0 Å². The van der Waals surface area contributed by atoms with Gasteiger partial charge in [-0.25, -0.2) is 9.37 Å². The van der Waals surface area contributed by atoms with Crippen LogP contribution in [-0.4, -0.2) is 23.5 Å². The van der Waals surface area contributed by atoms with Crippen LogP contribution < -0.4 is 9.64 Å². The van der Waals surface area contributed by atoms with Crippen molar-refractivity contribution in [3.63, 3.8) is 0 Å². The van der Waals surface area contributed by atoms with E-state index in [2.05, 4.69) is 4.98 Å². The predicted octanol–water partition coefficient (Wildman–Crippen LogP) is 4.26. The van der Waals surface area contributed by atoms with Crippen LogP contribution >= 0.6 is 11.3 Å². The fourth-order valence-corrected chi connectivity index (χ4v) is 3.26. The Morgan fingerprint density at radius 3 is 2.50 bits per heavy atom. The maximum Gasteiger partial charge on any atom is 0.272 e. The summed E-state index contributed by atoms with van der Waals surface area (Å²) in [5.41, 5.74) is -0.251. The molecular weight excluding hydrogens is 327 g/mol. The number of carbonyl (C=O) groups excluding carboxylic acids is 1. The molecule has 124 valence electrons. The number of amides is 1. The second-order valence-electron chi connectivity index (χ2n) is 5.89. The van der Waals surface area contributed by atoms with Crippen LogP contribution in [0.25, 0.3) is 10.2 Å². The molecule has 1 aromatic heterocycles. The molecule has 0 fully saturated rings. The number of thiazole rings is 1. The van der Waals surface area contributed by atoms with Crippen molar-refractivity contribution in [3.8, 4) is 5.75 Å². The normalized spacial score (nSPS) is 11.5. The van der Waals surface area contributed by atoms with Crippen molar-refractivity contribution in [1.29, 1.82) is 0 Å². The lowest BCUT2D eigenvalue weighted by molar-refractivity contribution is -0.131. The predicted molar refractivity (Wildman–Crippen MR) is 94.1 cm³/mol. The third-order valence-electron chi connectivity index (χ3n) is 3.58. The van der Waals surface area contributed by atoms with Crippen LogP contribution in [-0.2, 0) is 4.79 Å². The van der Waals surface area contributed by atoms with Crippen LogP contribution in [0.3, 0.4) is 0 Å². The zero-order chi connectivity index (χ0) is 17.3. The van der Waals surface area contributed by atoms with Crippen molar-refractivity contribution in [2.75, 3.05) is 11.9 Å². The maximum atomic E-state index is 13.0. The molecule has 1 amide bonds. The first-order valence-electron chi connectivity index (χ1n) is 7.45. The largest absolute Gasteiger partial charge is 0.478 e. The summed E-state index contributed by atoms with van der Waals surface area (Å²) in [6, 6.07) is 13.3. The lowest BCUT2D eigenvalue weighted by atomic mass is 10.1. The molecule has 0 saturated carbocycles. The number of hydrogen-bond acceptors (Lipinski definition) is 4. The molecule has 0 aliphatic rings. The Hall–Kier alpha value is -2.47. The molecule has 3 aromatic rings. The average molecular weight is 344 g/mol. The molecule has 0 radical (unpaired) electrons. The summed E-state index contributed by atoms with van der Waals surface area (Å²) in [7, 11) is 1.68. The van der Waals surface area contributed by atoms with Crippen molar-refractivity contribution in [2.24, 2.45) is 0 Å². The number of para-hydroxylation sites is 1. The van der Waals surface area contributed by atoms with Gasteiger partial charge in [0.2, 0.25) is 0 Å². The van der Waals surface area contributed by atoms with Crippen LogP contribution in [0.1, 0.15) is 13.8 Å². The maximum absolute atomic E-state index is 13.0. The number of hydrogen-bond donors (Lipinski definition) is 0. The number of carbonyl (C=O) groups is 1. The van der Waals surface area contributed by atoms with Gasteiger partial charge in [-0.15, -0.1) is 0 Å². The summed E-state index contributed by atoms with van der Waals surface area (Å²) < 4.78 is 19.8. The highest BCUT2D eigenvalue weighted by molar-refractivity contribution is 7.22. The minimum atomic E-state index is -1.11. The van der Waals surface area contributed by atoms with Gasteiger partial charge in [0.05, 0.1) is 10.2 Å². The zero-order valence-electron chi connectivity index (χ0n) is 13.6. The monoisotopic (exact) mass is 344 g/mol. The fraction of sp³-hybridized carbons (Fsp3) is 0.222. The molecule has 0 bridgehead atoms. The van der Waals surface area contributed by atoms with Gasteiger partial charge < -0.3 is 4.74 Å². The van der Waals surface area contributed by atoms with E-state index in [0.29, 0.717) is 10.9 Å². The summed E-state index contributed by atoms with van der Waals surface area (Å²) in [5, 5.41) is 0.608. The number of fused-ring (bicyclic) bond motifs is 1. The van der Waals surface area contributed by atoms with Crippen LogP contribution in [0.4, 0.5) is 9.52 Å². The molecule has 1 heterocycles. The third kappa shape index (κ3) is 3.23. The van der Waals surface area contributed by atoms with Crippen molar-refractivity contribution in [3.05, 3.63) is 54.3 Å². The lowest BCUT2D eigenvalue weighted by Gasteiger charge is -2.28. The fourth-order valence-electron chi connectivity index (χ4n) is 2.34. The minimum absolute atomic E-state index is 0.231. The highest BCUT2D eigenvalue weighted by Gasteiger charge is 2.34. The Labute approximate surface area is 143 Å². The first-order chi connectivity index (χ1) is 11.4. The molecule has 0 aliphatic heterocycles. The molecule has 6 heteroatoms. The first-order valence-corrected chi connectivity index (χ1v) is 8.27. The topological polar surface area (TPSA) is 42.4 Å². The van der Waals surface area contributed by atoms with Crippen LogP contribution in [0.2, 0.25) is 0 Å². The quantitative estimate of drug-likeness (QED) is 0.710. The highest BCUT2D eigenvalue weighted by atomic mass is 32.1. The first kappa shape index (κ1) is 16.4. The Bertz CT molecular complexity index is 841. The van der Waals surface area contributed by atoms with Crippen LogP contribution in [0, 0.1) is 5.82 Å². The number of halogens is 1. The Morgan fingerprint density at radius 2 is 1.83 bits per heavy atom. The van der Waals surface area contributed by atoms with E-state index in [1.807, 2.05) is 24.3 Å². The molecule has 0 atom stereocenters. The van der Waals surface area contributed by atoms with Crippen LogP contribution in [0.5, 0.6) is 5.75 Å². The van der Waals surface area contributed by atoms with E-state index < -0.39 is 5.60 Å². The third-order valence-corrected chi connectivity index (χ3v) is 4.69. The van der Waals surface area contributed by atoms with Gasteiger partial charge in [-0.05, 0) is 50.2 Å². The molecule has 0 N–H and O–H groups in total. The van der Waals surface area contributed by atoms with E-state index in [1.54, 1.807) is 20.9 Å². The van der Waals surface area contributed by atoms with Gasteiger partial charge in [0.15, 0.2) is 10.7 Å². The average Bonchev–Trinajstić information content (AvgIpc) is 2.99. The number of aromatic nitrogens is 1. The molecule has 0 saturated heterocycles. The van der Waals surface area contributed by atoms with E-state index in [0.717, 1.165) is 10.2 Å². The number of likely N-dealkylation sites (N-methyl/N-ethyl adjacent to an activating group) is 1. The SMILES string of the molecule is CN(C(=O)C(C)(C)Oc1ccc(F)cc1)c1nc2ccccc2s1. The number of benzene rings is 2. The van der Waals surface area contributed by atoms with Crippen molar-refractivity contribution >= 4 is 32.6 Å². The van der Waals surface area contributed by atoms with Gasteiger partial charge in [0.25, 0.3) is 5.91 Å². The molecule has 2 aromatic carbocycles. The molecule has 0 spiro atoms.